The Balaban J connectivity index is 1.25. The molecule has 2 aliphatic rings. The number of nitrogens with two attached hydrogens (primary N) is 1. The molecule has 1 saturated heterocycles. The van der Waals surface area contributed by atoms with Crippen molar-refractivity contribution in [3.8, 4) is 11.4 Å². The number of nitrogens with zero attached hydrogens (tertiary/aromatic N) is 5. The summed E-state index contributed by atoms with van der Waals surface area (Å²) in [5, 5.41) is 0. The van der Waals surface area contributed by atoms with Gasteiger partial charge >= 0.3 is 0 Å². The summed E-state index contributed by atoms with van der Waals surface area (Å²) >= 11 is 0. The zero-order valence-corrected chi connectivity index (χ0v) is 16.6. The van der Waals surface area contributed by atoms with Crippen LogP contribution in [0.2, 0.25) is 0 Å². The van der Waals surface area contributed by atoms with Crippen molar-refractivity contribution in [3.05, 3.63) is 65.6 Å². The second-order valence-corrected chi connectivity index (χ2v) is 7.97. The van der Waals surface area contributed by atoms with Gasteiger partial charge in [-0.15, -0.1) is 0 Å². The molecule has 0 saturated carbocycles. The van der Waals surface area contributed by atoms with Gasteiger partial charge in [0.15, 0.2) is 5.82 Å². The van der Waals surface area contributed by atoms with Gasteiger partial charge < -0.3 is 10.6 Å². The zero-order valence-electron chi connectivity index (χ0n) is 16.6. The van der Waals surface area contributed by atoms with E-state index in [0.717, 1.165) is 67.7 Å². The molecular weight excluding hydrogens is 360 g/mol. The van der Waals surface area contributed by atoms with Crippen LogP contribution in [-0.2, 0) is 19.5 Å². The summed E-state index contributed by atoms with van der Waals surface area (Å²) in [6.45, 7) is 5.05. The minimum atomic E-state index is 0.755. The Morgan fingerprint density at radius 2 is 1.72 bits per heavy atom. The molecule has 2 N–H and O–H groups in total. The lowest BCUT2D eigenvalue weighted by atomic mass is 10.1. The van der Waals surface area contributed by atoms with E-state index in [0.29, 0.717) is 0 Å². The van der Waals surface area contributed by atoms with E-state index in [2.05, 4.69) is 31.9 Å². The van der Waals surface area contributed by atoms with Crippen LogP contribution in [0.5, 0.6) is 0 Å². The maximum absolute atomic E-state index is 5.78. The van der Waals surface area contributed by atoms with Gasteiger partial charge in [0.2, 0.25) is 0 Å². The molecule has 0 aliphatic carbocycles. The first-order valence-electron chi connectivity index (χ1n) is 10.4. The van der Waals surface area contributed by atoms with Gasteiger partial charge in [-0.2, -0.15) is 0 Å². The highest BCUT2D eigenvalue weighted by molar-refractivity contribution is 5.58. The van der Waals surface area contributed by atoms with Crippen LogP contribution in [0.4, 0.5) is 11.5 Å². The molecule has 0 spiro atoms. The predicted octanol–water partition coefficient (Wildman–Crippen LogP) is 3.28. The largest absolute Gasteiger partial charge is 0.399 e. The fourth-order valence-electron chi connectivity index (χ4n) is 4.18. The maximum atomic E-state index is 5.78. The molecule has 148 valence electrons. The maximum Gasteiger partial charge on any atom is 0.159 e. The minimum absolute atomic E-state index is 0.755. The van der Waals surface area contributed by atoms with Crippen LogP contribution < -0.4 is 10.6 Å². The predicted molar refractivity (Wildman–Crippen MR) is 115 cm³/mol. The lowest BCUT2D eigenvalue weighted by Crippen LogP contribution is -2.31. The van der Waals surface area contributed by atoms with Crippen LogP contribution in [0.25, 0.3) is 11.4 Å². The lowest BCUT2D eigenvalue weighted by molar-refractivity contribution is 0.242. The highest BCUT2D eigenvalue weighted by atomic mass is 15.2. The molecule has 3 aromatic rings. The van der Waals surface area contributed by atoms with Crippen LogP contribution in [-0.4, -0.2) is 39.5 Å². The number of pyridine rings is 1. The number of nitrogen functional groups attached to an aromatic ring is 1. The standard InChI is InChI=1S/C23H26N6/c24-20-6-4-18(5-7-20)23-26-14-19-16-28(12-9-21(19)27-23)15-17-3-8-22(25-13-17)29-10-1-2-11-29/h3-8,13-14H,1-2,9-12,15-16,24H2. The lowest BCUT2D eigenvalue weighted by Gasteiger charge is -2.28. The van der Waals surface area contributed by atoms with E-state index >= 15 is 0 Å². The number of aromatic nitrogens is 3. The summed E-state index contributed by atoms with van der Waals surface area (Å²) in [7, 11) is 0. The molecule has 0 amide bonds. The normalized spacial score (nSPS) is 16.8. The third-order valence-corrected chi connectivity index (χ3v) is 5.83. The van der Waals surface area contributed by atoms with E-state index in [9.17, 15) is 0 Å². The van der Waals surface area contributed by atoms with Gasteiger partial charge in [-0.3, -0.25) is 4.90 Å². The minimum Gasteiger partial charge on any atom is -0.399 e. The Labute approximate surface area is 171 Å². The average Bonchev–Trinajstić information content (AvgIpc) is 3.29. The number of anilines is 2. The summed E-state index contributed by atoms with van der Waals surface area (Å²) in [6, 6.07) is 12.1. The van der Waals surface area contributed by atoms with Gasteiger partial charge in [-0.1, -0.05) is 6.07 Å². The van der Waals surface area contributed by atoms with Crippen molar-refractivity contribution in [2.75, 3.05) is 30.3 Å². The number of hydrogen-bond acceptors (Lipinski definition) is 6. The van der Waals surface area contributed by atoms with Crippen molar-refractivity contribution in [1.82, 2.24) is 19.9 Å². The molecule has 6 nitrogen and oxygen atoms in total. The zero-order chi connectivity index (χ0) is 19.6. The number of fused-ring (bicyclic) bond motifs is 1. The molecule has 4 heterocycles. The molecule has 5 rings (SSSR count). The molecule has 29 heavy (non-hydrogen) atoms. The fourth-order valence-corrected chi connectivity index (χ4v) is 4.18. The fraction of sp³-hybridized carbons (Fsp3) is 0.348. The summed E-state index contributed by atoms with van der Waals surface area (Å²) < 4.78 is 0. The Kier molecular flexibility index (Phi) is 4.86. The van der Waals surface area contributed by atoms with Gasteiger partial charge in [-0.05, 0) is 48.7 Å². The van der Waals surface area contributed by atoms with E-state index in [-0.39, 0.29) is 0 Å². The van der Waals surface area contributed by atoms with Crippen molar-refractivity contribution in [1.29, 1.82) is 0 Å². The molecule has 1 aromatic carbocycles. The average molecular weight is 387 g/mol. The van der Waals surface area contributed by atoms with Crippen LogP contribution >= 0.6 is 0 Å². The molecule has 0 unspecified atom stereocenters. The monoisotopic (exact) mass is 386 g/mol. The number of benzene rings is 1. The summed E-state index contributed by atoms with van der Waals surface area (Å²) in [5.41, 5.74) is 11.2. The van der Waals surface area contributed by atoms with Crippen molar-refractivity contribution in [2.24, 2.45) is 0 Å². The van der Waals surface area contributed by atoms with Gasteiger partial charge in [0.05, 0.1) is 5.69 Å². The highest BCUT2D eigenvalue weighted by Gasteiger charge is 2.19. The molecule has 1 fully saturated rings. The first-order valence-corrected chi connectivity index (χ1v) is 10.4. The summed E-state index contributed by atoms with van der Waals surface area (Å²) in [6.07, 6.45) is 7.51. The molecular formula is C23H26N6. The second-order valence-electron chi connectivity index (χ2n) is 7.97. The van der Waals surface area contributed by atoms with E-state index in [1.165, 1.54) is 24.0 Å². The smallest absolute Gasteiger partial charge is 0.159 e. The van der Waals surface area contributed by atoms with Gasteiger partial charge in [0, 0.05) is 68.4 Å². The van der Waals surface area contributed by atoms with Crippen LogP contribution in [0, 0.1) is 0 Å². The van der Waals surface area contributed by atoms with Crippen molar-refractivity contribution >= 4 is 11.5 Å². The Morgan fingerprint density at radius 1 is 0.897 bits per heavy atom. The summed E-state index contributed by atoms with van der Waals surface area (Å²) in [4.78, 5) is 18.9. The van der Waals surface area contributed by atoms with Gasteiger partial charge in [0.25, 0.3) is 0 Å². The SMILES string of the molecule is Nc1ccc(-c2ncc3c(n2)CCN(Cc2ccc(N4CCCC4)nc2)C3)cc1. The van der Waals surface area contributed by atoms with E-state index < -0.39 is 0 Å². The summed E-state index contributed by atoms with van der Waals surface area (Å²) in [5.74, 6) is 1.89. The topological polar surface area (TPSA) is 71.2 Å². The van der Waals surface area contributed by atoms with Crippen molar-refractivity contribution < 1.29 is 0 Å². The Hall–Kier alpha value is -2.99. The molecule has 0 radical (unpaired) electrons. The number of rotatable bonds is 4. The number of hydrogen-bond donors (Lipinski definition) is 1. The van der Waals surface area contributed by atoms with E-state index in [4.69, 9.17) is 10.7 Å². The molecule has 2 aliphatic heterocycles. The highest BCUT2D eigenvalue weighted by Crippen LogP contribution is 2.23. The van der Waals surface area contributed by atoms with Crippen LogP contribution in [0.3, 0.4) is 0 Å². The van der Waals surface area contributed by atoms with E-state index in [1.54, 1.807) is 0 Å². The Morgan fingerprint density at radius 3 is 2.48 bits per heavy atom. The van der Waals surface area contributed by atoms with E-state index in [1.807, 2.05) is 36.7 Å². The van der Waals surface area contributed by atoms with Crippen molar-refractivity contribution in [3.63, 3.8) is 0 Å². The first kappa shape index (κ1) is 18.1. The third kappa shape index (κ3) is 3.93. The van der Waals surface area contributed by atoms with Crippen LogP contribution in [0.15, 0.2) is 48.8 Å². The molecule has 0 bridgehead atoms. The first-order chi connectivity index (χ1) is 14.2. The third-order valence-electron chi connectivity index (χ3n) is 5.83. The van der Waals surface area contributed by atoms with Crippen LogP contribution in [0.1, 0.15) is 29.7 Å². The Bertz CT molecular complexity index is 977. The molecule has 6 heteroatoms. The van der Waals surface area contributed by atoms with Gasteiger partial charge in [-0.25, -0.2) is 15.0 Å². The second kappa shape index (κ2) is 7.79. The quantitative estimate of drug-likeness (QED) is 0.694. The molecule has 2 aromatic heterocycles. The molecule has 0 atom stereocenters. The van der Waals surface area contributed by atoms with Gasteiger partial charge in [0.1, 0.15) is 5.82 Å². The van der Waals surface area contributed by atoms with Crippen molar-refractivity contribution in [2.45, 2.75) is 32.4 Å².